The molecule has 0 fully saturated rings. The summed E-state index contributed by atoms with van der Waals surface area (Å²) in [5.41, 5.74) is -3.04. The lowest BCUT2D eigenvalue weighted by atomic mass is 9.97. The zero-order chi connectivity index (χ0) is 21.0. The normalized spacial score (nSPS) is 14.8. The van der Waals surface area contributed by atoms with Gasteiger partial charge >= 0.3 is 6.18 Å². The maximum Gasteiger partial charge on any atom is 0.424 e. The third-order valence-corrected chi connectivity index (χ3v) is 4.14. The monoisotopic (exact) mass is 407 g/mol. The number of hydrogen-bond donors (Lipinski definition) is 3. The van der Waals surface area contributed by atoms with Gasteiger partial charge in [-0.15, -0.1) is 0 Å². The van der Waals surface area contributed by atoms with Crippen molar-refractivity contribution < 1.29 is 23.0 Å². The maximum absolute atomic E-state index is 13.5. The molecule has 1 aromatic rings. The van der Waals surface area contributed by atoms with Gasteiger partial charge in [-0.1, -0.05) is 13.3 Å². The molecule has 0 saturated carbocycles. The third kappa shape index (κ3) is 7.31. The first-order valence-electron chi connectivity index (χ1n) is 9.63. The SMILES string of the molecule is CCCCOCCCN=C(NCC)NCCC(O)(c1nccn1C)C(F)(F)F. The number of aliphatic hydroxyl groups is 1. The Morgan fingerprint density at radius 2 is 1.96 bits per heavy atom. The highest BCUT2D eigenvalue weighted by Gasteiger charge is 2.57. The number of guanidine groups is 1. The number of aromatic nitrogens is 2. The Kier molecular flexibility index (Phi) is 10.3. The van der Waals surface area contributed by atoms with Crippen molar-refractivity contribution in [3.63, 3.8) is 0 Å². The molecule has 0 saturated heterocycles. The first kappa shape index (κ1) is 24.2. The van der Waals surface area contributed by atoms with Gasteiger partial charge < -0.3 is 25.0 Å². The number of unbranched alkanes of at least 4 members (excludes halogenated alkanes) is 1. The summed E-state index contributed by atoms with van der Waals surface area (Å²) in [5, 5.41) is 16.1. The highest BCUT2D eigenvalue weighted by Crippen LogP contribution is 2.40. The second-order valence-electron chi connectivity index (χ2n) is 6.48. The summed E-state index contributed by atoms with van der Waals surface area (Å²) in [5.74, 6) is -0.0339. The van der Waals surface area contributed by atoms with E-state index < -0.39 is 24.0 Å². The summed E-state index contributed by atoms with van der Waals surface area (Å²) in [6.45, 7) is 6.21. The van der Waals surface area contributed by atoms with E-state index in [0.29, 0.717) is 25.7 Å². The minimum absolute atomic E-state index is 0.123. The van der Waals surface area contributed by atoms with E-state index in [1.165, 1.54) is 24.0 Å². The van der Waals surface area contributed by atoms with E-state index in [4.69, 9.17) is 4.74 Å². The minimum atomic E-state index is -4.85. The number of aliphatic imine (C=N–C) groups is 1. The zero-order valence-corrected chi connectivity index (χ0v) is 16.8. The third-order valence-electron chi connectivity index (χ3n) is 4.14. The van der Waals surface area contributed by atoms with Gasteiger partial charge in [0, 0.05) is 58.7 Å². The molecule has 1 atom stereocenters. The van der Waals surface area contributed by atoms with Crippen LogP contribution in [0, 0.1) is 0 Å². The molecule has 162 valence electrons. The molecule has 0 spiro atoms. The highest BCUT2D eigenvalue weighted by molar-refractivity contribution is 5.79. The summed E-state index contributed by atoms with van der Waals surface area (Å²) in [4.78, 5) is 8.01. The lowest BCUT2D eigenvalue weighted by Crippen LogP contribution is -2.48. The van der Waals surface area contributed by atoms with E-state index in [1.807, 2.05) is 6.92 Å². The number of alkyl halides is 3. The van der Waals surface area contributed by atoms with E-state index in [-0.39, 0.29) is 6.54 Å². The van der Waals surface area contributed by atoms with Crippen LogP contribution >= 0.6 is 0 Å². The number of aryl methyl sites for hydroxylation is 1. The maximum atomic E-state index is 13.5. The summed E-state index contributed by atoms with van der Waals surface area (Å²) in [7, 11) is 1.42. The Labute approximate surface area is 164 Å². The molecular weight excluding hydrogens is 375 g/mol. The van der Waals surface area contributed by atoms with Gasteiger partial charge in [0.1, 0.15) is 5.82 Å². The van der Waals surface area contributed by atoms with Gasteiger partial charge in [-0.25, -0.2) is 4.98 Å². The van der Waals surface area contributed by atoms with Crippen molar-refractivity contribution in [1.82, 2.24) is 20.2 Å². The average Bonchev–Trinajstić information content (AvgIpc) is 3.06. The van der Waals surface area contributed by atoms with Crippen molar-refractivity contribution in [3.8, 4) is 0 Å². The molecule has 0 radical (unpaired) electrons. The number of nitrogens with zero attached hydrogens (tertiary/aromatic N) is 3. The predicted molar refractivity (Wildman–Crippen MR) is 102 cm³/mol. The van der Waals surface area contributed by atoms with Crippen LogP contribution < -0.4 is 10.6 Å². The van der Waals surface area contributed by atoms with Gasteiger partial charge in [-0.2, -0.15) is 13.2 Å². The van der Waals surface area contributed by atoms with Crippen LogP contribution in [0.15, 0.2) is 17.4 Å². The van der Waals surface area contributed by atoms with Crippen molar-refractivity contribution >= 4 is 5.96 Å². The number of nitrogens with one attached hydrogen (secondary N) is 2. The lowest BCUT2D eigenvalue weighted by Gasteiger charge is -2.30. The largest absolute Gasteiger partial charge is 0.424 e. The van der Waals surface area contributed by atoms with E-state index >= 15 is 0 Å². The fourth-order valence-electron chi connectivity index (χ4n) is 2.55. The fraction of sp³-hybridized carbons (Fsp3) is 0.778. The standard InChI is InChI=1S/C18H32F3N5O2/c1-4-6-13-28-14-7-9-24-16(22-5-2)25-10-8-17(27,18(19,20)21)15-23-11-12-26(15)3/h11-12,27H,4-10,13-14H2,1-3H3,(H2,22,24,25). The molecule has 1 rings (SSSR count). The molecule has 0 bridgehead atoms. The van der Waals surface area contributed by atoms with Gasteiger partial charge in [-0.05, 0) is 19.8 Å². The van der Waals surface area contributed by atoms with Gasteiger partial charge in [0.25, 0.3) is 0 Å². The van der Waals surface area contributed by atoms with Crippen molar-refractivity contribution in [3.05, 3.63) is 18.2 Å². The quantitative estimate of drug-likeness (QED) is 0.281. The summed E-state index contributed by atoms with van der Waals surface area (Å²) in [6, 6.07) is 0. The van der Waals surface area contributed by atoms with Crippen LogP contribution in [-0.2, 0) is 17.4 Å². The van der Waals surface area contributed by atoms with Crippen LogP contribution in [0.1, 0.15) is 45.4 Å². The van der Waals surface area contributed by atoms with E-state index in [2.05, 4.69) is 27.5 Å². The van der Waals surface area contributed by atoms with Gasteiger partial charge in [-0.3, -0.25) is 4.99 Å². The molecule has 1 unspecified atom stereocenters. The molecule has 10 heteroatoms. The highest BCUT2D eigenvalue weighted by atomic mass is 19.4. The Balaban J connectivity index is 2.59. The lowest BCUT2D eigenvalue weighted by molar-refractivity contribution is -0.272. The van der Waals surface area contributed by atoms with Crippen molar-refractivity contribution in [2.75, 3.05) is 32.8 Å². The van der Waals surface area contributed by atoms with E-state index in [1.54, 1.807) is 0 Å². The molecule has 28 heavy (non-hydrogen) atoms. The van der Waals surface area contributed by atoms with Crippen LogP contribution in [0.4, 0.5) is 13.2 Å². The van der Waals surface area contributed by atoms with Crippen LogP contribution in [0.2, 0.25) is 0 Å². The van der Waals surface area contributed by atoms with Crippen molar-refractivity contribution in [1.29, 1.82) is 0 Å². The van der Waals surface area contributed by atoms with Crippen LogP contribution in [0.3, 0.4) is 0 Å². The first-order valence-corrected chi connectivity index (χ1v) is 9.63. The predicted octanol–water partition coefficient (Wildman–Crippen LogP) is 2.32. The molecular formula is C18H32F3N5O2. The van der Waals surface area contributed by atoms with E-state index in [0.717, 1.165) is 25.9 Å². The molecule has 1 heterocycles. The fourth-order valence-corrected chi connectivity index (χ4v) is 2.55. The van der Waals surface area contributed by atoms with Gasteiger partial charge in [0.15, 0.2) is 5.96 Å². The van der Waals surface area contributed by atoms with Crippen LogP contribution in [-0.4, -0.2) is 59.6 Å². The van der Waals surface area contributed by atoms with Crippen LogP contribution in [0.5, 0.6) is 0 Å². The summed E-state index contributed by atoms with van der Waals surface area (Å²) >= 11 is 0. The number of halogens is 3. The number of ether oxygens (including phenoxy) is 1. The number of imidazole rings is 1. The Morgan fingerprint density at radius 1 is 1.25 bits per heavy atom. The average molecular weight is 407 g/mol. The Bertz CT molecular complexity index is 592. The van der Waals surface area contributed by atoms with Crippen LogP contribution in [0.25, 0.3) is 0 Å². The Morgan fingerprint density at radius 3 is 2.54 bits per heavy atom. The Hall–Kier alpha value is -1.81. The van der Waals surface area contributed by atoms with Crippen molar-refractivity contribution in [2.45, 2.75) is 51.3 Å². The summed E-state index contributed by atoms with van der Waals surface area (Å²) in [6.07, 6.45) is -0.0208. The number of hydrogen-bond acceptors (Lipinski definition) is 4. The molecule has 0 amide bonds. The molecule has 0 aliphatic rings. The summed E-state index contributed by atoms with van der Waals surface area (Å²) < 4.78 is 47.1. The van der Waals surface area contributed by atoms with Gasteiger partial charge in [0.2, 0.25) is 5.60 Å². The molecule has 1 aromatic heterocycles. The smallest absolute Gasteiger partial charge is 0.381 e. The zero-order valence-electron chi connectivity index (χ0n) is 16.8. The second-order valence-corrected chi connectivity index (χ2v) is 6.48. The van der Waals surface area contributed by atoms with Gasteiger partial charge in [0.05, 0.1) is 0 Å². The number of rotatable bonds is 12. The molecule has 0 aromatic carbocycles. The molecule has 0 aliphatic carbocycles. The molecule has 3 N–H and O–H groups in total. The van der Waals surface area contributed by atoms with Crippen molar-refractivity contribution in [2.24, 2.45) is 12.0 Å². The van der Waals surface area contributed by atoms with E-state index in [9.17, 15) is 18.3 Å². The topological polar surface area (TPSA) is 83.7 Å². The molecule has 7 nitrogen and oxygen atoms in total. The molecule has 0 aliphatic heterocycles. The second kappa shape index (κ2) is 11.9. The first-order chi connectivity index (χ1) is 13.3. The minimum Gasteiger partial charge on any atom is -0.381 e.